The number of urea groups is 1. The smallest absolute Gasteiger partial charge is 0.326 e. The van der Waals surface area contributed by atoms with Gasteiger partial charge in [0, 0.05) is 0 Å². The molecule has 1 aromatic rings. The van der Waals surface area contributed by atoms with Gasteiger partial charge in [0.1, 0.15) is 11.9 Å². The largest absolute Gasteiger partial charge is 0.480 e. The van der Waals surface area contributed by atoms with Crippen LogP contribution in [0.1, 0.15) is 12.8 Å². The predicted octanol–water partition coefficient (Wildman–Crippen LogP) is 2.46. The topological polar surface area (TPSA) is 78.4 Å². The lowest BCUT2D eigenvalue weighted by atomic mass is 10.2. The standard InChI is InChI=1S/C12H12ClFN2O3/c13-8-4-3-7(14)5-9(8)15-12(19)16-10(11(17)18)6-1-2-6/h3-6,10H,1-2H2,(H,17,18)(H2,15,16,19). The maximum Gasteiger partial charge on any atom is 0.326 e. The molecule has 1 unspecified atom stereocenters. The first kappa shape index (κ1) is 13.6. The number of carbonyl (C=O) groups is 2. The molecule has 7 heteroatoms. The van der Waals surface area contributed by atoms with Gasteiger partial charge in [-0.2, -0.15) is 0 Å². The van der Waals surface area contributed by atoms with Crippen molar-refractivity contribution in [2.24, 2.45) is 5.92 Å². The highest BCUT2D eigenvalue weighted by atomic mass is 35.5. The molecule has 3 N–H and O–H groups in total. The molecule has 2 rings (SSSR count). The number of hydrogen-bond acceptors (Lipinski definition) is 2. The van der Waals surface area contributed by atoms with Crippen LogP contribution in [0, 0.1) is 11.7 Å². The van der Waals surface area contributed by atoms with E-state index >= 15 is 0 Å². The molecule has 0 saturated heterocycles. The Morgan fingerprint density at radius 3 is 2.68 bits per heavy atom. The highest BCUT2D eigenvalue weighted by Gasteiger charge is 2.37. The number of carbonyl (C=O) groups excluding carboxylic acids is 1. The Morgan fingerprint density at radius 2 is 2.11 bits per heavy atom. The third-order valence-corrected chi connectivity index (χ3v) is 3.15. The molecule has 1 aromatic carbocycles. The molecule has 1 atom stereocenters. The van der Waals surface area contributed by atoms with Gasteiger partial charge < -0.3 is 15.7 Å². The minimum atomic E-state index is -1.08. The molecule has 0 heterocycles. The van der Waals surface area contributed by atoms with E-state index in [9.17, 15) is 14.0 Å². The van der Waals surface area contributed by atoms with Gasteiger partial charge in [-0.1, -0.05) is 11.6 Å². The van der Waals surface area contributed by atoms with Crippen molar-refractivity contribution in [1.82, 2.24) is 5.32 Å². The zero-order chi connectivity index (χ0) is 14.0. The van der Waals surface area contributed by atoms with E-state index < -0.39 is 23.9 Å². The Hall–Kier alpha value is -1.82. The van der Waals surface area contributed by atoms with Crippen LogP contribution < -0.4 is 10.6 Å². The Kier molecular flexibility index (Phi) is 3.90. The number of aliphatic carboxylic acids is 1. The summed E-state index contributed by atoms with van der Waals surface area (Å²) in [6.45, 7) is 0. The Labute approximate surface area is 113 Å². The molecule has 19 heavy (non-hydrogen) atoms. The van der Waals surface area contributed by atoms with E-state index in [1.807, 2.05) is 0 Å². The summed E-state index contributed by atoms with van der Waals surface area (Å²) in [4.78, 5) is 22.6. The van der Waals surface area contributed by atoms with Gasteiger partial charge in [0.25, 0.3) is 0 Å². The van der Waals surface area contributed by atoms with E-state index in [-0.39, 0.29) is 16.6 Å². The number of halogens is 2. The molecule has 0 radical (unpaired) electrons. The summed E-state index contributed by atoms with van der Waals surface area (Å²) in [6, 6.07) is 1.89. The van der Waals surface area contributed by atoms with Crippen LogP contribution in [-0.4, -0.2) is 23.1 Å². The summed E-state index contributed by atoms with van der Waals surface area (Å²) in [5.41, 5.74) is 0.0964. The number of nitrogens with one attached hydrogen (secondary N) is 2. The monoisotopic (exact) mass is 286 g/mol. The zero-order valence-electron chi connectivity index (χ0n) is 9.82. The highest BCUT2D eigenvalue weighted by molar-refractivity contribution is 6.33. The first-order valence-electron chi connectivity index (χ1n) is 5.73. The van der Waals surface area contributed by atoms with E-state index in [0.29, 0.717) is 0 Å². The normalized spacial score (nSPS) is 15.7. The molecular weight excluding hydrogens is 275 g/mol. The summed E-state index contributed by atoms with van der Waals surface area (Å²) in [7, 11) is 0. The van der Waals surface area contributed by atoms with Crippen molar-refractivity contribution in [3.05, 3.63) is 29.0 Å². The third-order valence-electron chi connectivity index (χ3n) is 2.82. The van der Waals surface area contributed by atoms with Crippen molar-refractivity contribution in [1.29, 1.82) is 0 Å². The molecule has 1 aliphatic rings. The summed E-state index contributed by atoms with van der Waals surface area (Å²) in [6.07, 6.45) is 1.55. The quantitative estimate of drug-likeness (QED) is 0.795. The molecule has 1 fully saturated rings. The van der Waals surface area contributed by atoms with E-state index in [1.165, 1.54) is 6.07 Å². The minimum Gasteiger partial charge on any atom is -0.480 e. The Bertz CT molecular complexity index is 520. The van der Waals surface area contributed by atoms with Gasteiger partial charge >= 0.3 is 12.0 Å². The van der Waals surface area contributed by atoms with Crippen molar-refractivity contribution in [3.8, 4) is 0 Å². The molecule has 2 amide bonds. The lowest BCUT2D eigenvalue weighted by molar-refractivity contribution is -0.139. The molecule has 1 saturated carbocycles. The van der Waals surface area contributed by atoms with Gasteiger partial charge in [0.15, 0.2) is 0 Å². The fourth-order valence-corrected chi connectivity index (χ4v) is 1.87. The number of amides is 2. The first-order valence-corrected chi connectivity index (χ1v) is 6.10. The molecule has 1 aliphatic carbocycles. The molecule has 0 aliphatic heterocycles. The van der Waals surface area contributed by atoms with Gasteiger partial charge in [-0.05, 0) is 37.0 Å². The van der Waals surface area contributed by atoms with Gasteiger partial charge in [-0.25, -0.2) is 14.0 Å². The Balaban J connectivity index is 2.00. The van der Waals surface area contributed by atoms with Crippen LogP contribution in [0.3, 0.4) is 0 Å². The molecule has 102 valence electrons. The first-order chi connectivity index (χ1) is 8.97. The second-order valence-corrected chi connectivity index (χ2v) is 4.78. The number of anilines is 1. The van der Waals surface area contributed by atoms with Crippen LogP contribution in [0.4, 0.5) is 14.9 Å². The Morgan fingerprint density at radius 1 is 1.42 bits per heavy atom. The minimum absolute atomic E-state index is 0.0359. The lowest BCUT2D eigenvalue weighted by Gasteiger charge is -2.14. The van der Waals surface area contributed by atoms with Crippen LogP contribution in [0.2, 0.25) is 5.02 Å². The number of carboxylic acid groups (broad SMARTS) is 1. The lowest BCUT2D eigenvalue weighted by Crippen LogP contribution is -2.44. The summed E-state index contributed by atoms with van der Waals surface area (Å²) in [5, 5.41) is 13.8. The van der Waals surface area contributed by atoms with Gasteiger partial charge in [0.2, 0.25) is 0 Å². The average molecular weight is 287 g/mol. The van der Waals surface area contributed by atoms with Crippen LogP contribution in [0.25, 0.3) is 0 Å². The van der Waals surface area contributed by atoms with Crippen molar-refractivity contribution in [2.75, 3.05) is 5.32 Å². The third kappa shape index (κ3) is 3.57. The summed E-state index contributed by atoms with van der Waals surface area (Å²) in [5.74, 6) is -1.66. The maximum absolute atomic E-state index is 13.0. The molecule has 0 bridgehead atoms. The van der Waals surface area contributed by atoms with Crippen LogP contribution in [0.15, 0.2) is 18.2 Å². The second-order valence-electron chi connectivity index (χ2n) is 4.38. The summed E-state index contributed by atoms with van der Waals surface area (Å²) >= 11 is 5.79. The fourth-order valence-electron chi connectivity index (χ4n) is 1.70. The molecule has 0 aromatic heterocycles. The zero-order valence-corrected chi connectivity index (χ0v) is 10.6. The van der Waals surface area contributed by atoms with E-state index in [1.54, 1.807) is 0 Å². The molecule has 5 nitrogen and oxygen atoms in total. The van der Waals surface area contributed by atoms with Crippen LogP contribution in [-0.2, 0) is 4.79 Å². The number of carboxylic acids is 1. The number of benzene rings is 1. The van der Waals surface area contributed by atoms with Gasteiger partial charge in [-0.15, -0.1) is 0 Å². The van der Waals surface area contributed by atoms with E-state index in [4.69, 9.17) is 16.7 Å². The summed E-state index contributed by atoms with van der Waals surface area (Å²) < 4.78 is 13.0. The van der Waals surface area contributed by atoms with Crippen LogP contribution in [0.5, 0.6) is 0 Å². The molecular formula is C12H12ClFN2O3. The predicted molar refractivity (Wildman–Crippen MR) is 67.7 cm³/mol. The van der Waals surface area contributed by atoms with Crippen molar-refractivity contribution < 1.29 is 19.1 Å². The fraction of sp³-hybridized carbons (Fsp3) is 0.333. The van der Waals surface area contributed by atoms with Crippen molar-refractivity contribution in [2.45, 2.75) is 18.9 Å². The van der Waals surface area contributed by atoms with E-state index in [0.717, 1.165) is 25.0 Å². The SMILES string of the molecule is O=C(Nc1cc(F)ccc1Cl)NC(C(=O)O)C1CC1. The maximum atomic E-state index is 13.0. The number of hydrogen-bond donors (Lipinski definition) is 3. The number of rotatable bonds is 4. The van der Waals surface area contributed by atoms with Crippen molar-refractivity contribution in [3.63, 3.8) is 0 Å². The average Bonchev–Trinajstić information content (AvgIpc) is 3.14. The molecule has 0 spiro atoms. The van der Waals surface area contributed by atoms with Crippen molar-refractivity contribution >= 4 is 29.3 Å². The van der Waals surface area contributed by atoms with Crippen LogP contribution >= 0.6 is 11.6 Å². The van der Waals surface area contributed by atoms with Gasteiger partial charge in [-0.3, -0.25) is 0 Å². The highest BCUT2D eigenvalue weighted by Crippen LogP contribution is 2.32. The second kappa shape index (κ2) is 5.44. The van der Waals surface area contributed by atoms with Gasteiger partial charge in [0.05, 0.1) is 10.7 Å². The van der Waals surface area contributed by atoms with E-state index in [2.05, 4.69) is 10.6 Å².